The van der Waals surface area contributed by atoms with Crippen LogP contribution in [0.2, 0.25) is 0 Å². The fourth-order valence-corrected chi connectivity index (χ4v) is 2.22. The van der Waals surface area contributed by atoms with Gasteiger partial charge >= 0.3 is 0 Å². The molecular formula is C13H18N4S. The molecule has 0 aliphatic heterocycles. The van der Waals surface area contributed by atoms with E-state index in [1.54, 1.807) is 11.3 Å². The van der Waals surface area contributed by atoms with Crippen molar-refractivity contribution in [3.05, 3.63) is 23.5 Å². The summed E-state index contributed by atoms with van der Waals surface area (Å²) < 4.78 is 0. The molecule has 0 atom stereocenters. The predicted octanol–water partition coefficient (Wildman–Crippen LogP) is 3.37. The molecule has 96 valence electrons. The molecule has 0 unspecified atom stereocenters. The van der Waals surface area contributed by atoms with E-state index in [0.717, 1.165) is 48.0 Å². The molecule has 0 saturated heterocycles. The van der Waals surface area contributed by atoms with E-state index in [9.17, 15) is 0 Å². The summed E-state index contributed by atoms with van der Waals surface area (Å²) in [6, 6.07) is 2.05. The van der Waals surface area contributed by atoms with Crippen molar-refractivity contribution in [2.24, 2.45) is 0 Å². The van der Waals surface area contributed by atoms with E-state index < -0.39 is 0 Å². The Morgan fingerprint density at radius 3 is 2.78 bits per heavy atom. The summed E-state index contributed by atoms with van der Waals surface area (Å²) in [6.45, 7) is 5.24. The van der Waals surface area contributed by atoms with Crippen LogP contribution in [0.15, 0.2) is 17.8 Å². The van der Waals surface area contributed by atoms with Gasteiger partial charge in [0.25, 0.3) is 0 Å². The first-order valence-corrected chi connectivity index (χ1v) is 7.22. The smallest absolute Gasteiger partial charge is 0.173 e. The number of hydrogen-bond acceptors (Lipinski definition) is 5. The molecule has 2 aromatic rings. The van der Waals surface area contributed by atoms with E-state index in [2.05, 4.69) is 34.1 Å². The molecule has 18 heavy (non-hydrogen) atoms. The molecule has 0 aliphatic rings. The van der Waals surface area contributed by atoms with Crippen molar-refractivity contribution in [2.75, 3.05) is 11.9 Å². The van der Waals surface area contributed by atoms with Crippen molar-refractivity contribution in [3.8, 4) is 10.7 Å². The van der Waals surface area contributed by atoms with Crippen LogP contribution in [0.5, 0.6) is 0 Å². The predicted molar refractivity (Wildman–Crippen MR) is 75.9 cm³/mol. The quantitative estimate of drug-likeness (QED) is 0.867. The largest absolute Gasteiger partial charge is 0.370 e. The van der Waals surface area contributed by atoms with Crippen LogP contribution >= 0.6 is 11.3 Å². The fourth-order valence-electron chi connectivity index (χ4n) is 1.66. The summed E-state index contributed by atoms with van der Waals surface area (Å²) in [7, 11) is 0. The number of rotatable bonds is 6. The average molecular weight is 262 g/mol. The number of nitrogens with one attached hydrogen (secondary N) is 1. The van der Waals surface area contributed by atoms with Crippen molar-refractivity contribution in [3.63, 3.8) is 0 Å². The van der Waals surface area contributed by atoms with Crippen LogP contribution in [0.4, 0.5) is 5.82 Å². The third-order valence-corrected chi connectivity index (χ3v) is 3.26. The highest BCUT2D eigenvalue weighted by molar-refractivity contribution is 7.13. The van der Waals surface area contributed by atoms with Crippen LogP contribution in [0.25, 0.3) is 10.7 Å². The molecule has 5 heteroatoms. The zero-order valence-corrected chi connectivity index (χ0v) is 11.6. The molecule has 0 aromatic carbocycles. The summed E-state index contributed by atoms with van der Waals surface area (Å²) in [4.78, 5) is 14.2. The molecule has 0 bridgehead atoms. The van der Waals surface area contributed by atoms with Gasteiger partial charge in [-0.25, -0.2) is 9.97 Å². The first-order valence-electron chi connectivity index (χ1n) is 6.34. The van der Waals surface area contributed by atoms with E-state index in [0.29, 0.717) is 0 Å². The lowest BCUT2D eigenvalue weighted by Crippen LogP contribution is -2.05. The second-order valence-electron chi connectivity index (χ2n) is 4.11. The van der Waals surface area contributed by atoms with E-state index >= 15 is 0 Å². The molecule has 0 aliphatic carbocycles. The molecule has 0 spiro atoms. The first-order chi connectivity index (χ1) is 8.83. The Kier molecular flexibility index (Phi) is 4.64. The normalized spacial score (nSPS) is 10.6. The molecule has 2 aromatic heterocycles. The van der Waals surface area contributed by atoms with Gasteiger partial charge in [0.2, 0.25) is 0 Å². The zero-order chi connectivity index (χ0) is 12.8. The van der Waals surface area contributed by atoms with Crippen molar-refractivity contribution in [1.82, 2.24) is 15.0 Å². The van der Waals surface area contributed by atoms with Crippen molar-refractivity contribution >= 4 is 17.2 Å². The van der Waals surface area contributed by atoms with Gasteiger partial charge in [-0.2, -0.15) is 0 Å². The third-order valence-electron chi connectivity index (χ3n) is 2.49. The van der Waals surface area contributed by atoms with Crippen molar-refractivity contribution in [2.45, 2.75) is 33.1 Å². The van der Waals surface area contributed by atoms with Crippen LogP contribution in [0.3, 0.4) is 0 Å². The molecule has 2 heterocycles. The average Bonchev–Trinajstić information content (AvgIpc) is 2.90. The minimum absolute atomic E-state index is 0.780. The first kappa shape index (κ1) is 13.0. The maximum atomic E-state index is 4.59. The maximum absolute atomic E-state index is 4.59. The number of aryl methyl sites for hydroxylation is 1. The van der Waals surface area contributed by atoms with Gasteiger partial charge in [-0.3, -0.25) is 4.98 Å². The topological polar surface area (TPSA) is 50.7 Å². The lowest BCUT2D eigenvalue weighted by Gasteiger charge is -2.08. The van der Waals surface area contributed by atoms with Gasteiger partial charge < -0.3 is 5.32 Å². The SMILES string of the molecule is CCCNc1cc(CCC)nc(-c2cncs2)n1. The van der Waals surface area contributed by atoms with Crippen molar-refractivity contribution < 1.29 is 0 Å². The summed E-state index contributed by atoms with van der Waals surface area (Å²) in [5.41, 5.74) is 2.90. The van der Waals surface area contributed by atoms with Crippen molar-refractivity contribution in [1.29, 1.82) is 0 Å². The zero-order valence-electron chi connectivity index (χ0n) is 10.8. The molecule has 2 rings (SSSR count). The van der Waals surface area contributed by atoms with Gasteiger partial charge in [-0.05, 0) is 12.8 Å². The lowest BCUT2D eigenvalue weighted by molar-refractivity contribution is 0.873. The van der Waals surface area contributed by atoms with Crippen LogP contribution < -0.4 is 5.32 Å². The number of aromatic nitrogens is 3. The monoisotopic (exact) mass is 262 g/mol. The van der Waals surface area contributed by atoms with E-state index in [-0.39, 0.29) is 0 Å². The Bertz CT molecular complexity index is 482. The molecular weight excluding hydrogens is 244 g/mol. The van der Waals surface area contributed by atoms with Gasteiger partial charge in [0.1, 0.15) is 5.82 Å². The van der Waals surface area contributed by atoms with Crippen LogP contribution in [-0.4, -0.2) is 21.5 Å². The van der Waals surface area contributed by atoms with E-state index in [1.165, 1.54) is 0 Å². The highest BCUT2D eigenvalue weighted by Gasteiger charge is 2.07. The molecule has 0 radical (unpaired) electrons. The molecule has 4 nitrogen and oxygen atoms in total. The Labute approximate surface area is 112 Å². The number of hydrogen-bond donors (Lipinski definition) is 1. The lowest BCUT2D eigenvalue weighted by atomic mass is 10.2. The Hall–Kier alpha value is -1.49. The van der Waals surface area contributed by atoms with E-state index in [4.69, 9.17) is 0 Å². The summed E-state index contributed by atoms with van der Waals surface area (Å²) >= 11 is 1.57. The molecule has 0 saturated carbocycles. The summed E-state index contributed by atoms with van der Waals surface area (Å²) in [5.74, 6) is 1.70. The Balaban J connectivity index is 2.30. The van der Waals surface area contributed by atoms with Gasteiger partial charge in [0.05, 0.1) is 10.4 Å². The number of anilines is 1. The third kappa shape index (κ3) is 3.26. The van der Waals surface area contributed by atoms with Crippen LogP contribution in [0, 0.1) is 0 Å². The molecule has 0 amide bonds. The number of thiazole rings is 1. The number of nitrogens with zero attached hydrogens (tertiary/aromatic N) is 3. The van der Waals surface area contributed by atoms with Gasteiger partial charge in [0, 0.05) is 24.5 Å². The molecule has 0 fully saturated rings. The Morgan fingerprint density at radius 2 is 2.11 bits per heavy atom. The van der Waals surface area contributed by atoms with Gasteiger partial charge in [-0.1, -0.05) is 20.3 Å². The van der Waals surface area contributed by atoms with Gasteiger partial charge in [0.15, 0.2) is 5.82 Å². The summed E-state index contributed by atoms with van der Waals surface area (Å²) in [5, 5.41) is 3.33. The minimum Gasteiger partial charge on any atom is -0.370 e. The minimum atomic E-state index is 0.780. The standard InChI is InChI=1S/C13H18N4S/c1-3-5-10-7-12(15-6-4-2)17-13(16-10)11-8-14-9-18-11/h7-9H,3-6H2,1-2H3,(H,15,16,17). The van der Waals surface area contributed by atoms with Crippen LogP contribution in [-0.2, 0) is 6.42 Å². The maximum Gasteiger partial charge on any atom is 0.173 e. The second-order valence-corrected chi connectivity index (χ2v) is 5.00. The second kappa shape index (κ2) is 6.44. The van der Waals surface area contributed by atoms with Gasteiger partial charge in [-0.15, -0.1) is 11.3 Å². The highest BCUT2D eigenvalue weighted by Crippen LogP contribution is 2.21. The Morgan fingerprint density at radius 1 is 1.22 bits per heavy atom. The molecule has 1 N–H and O–H groups in total. The highest BCUT2D eigenvalue weighted by atomic mass is 32.1. The fraction of sp³-hybridized carbons (Fsp3) is 0.462. The van der Waals surface area contributed by atoms with Crippen LogP contribution in [0.1, 0.15) is 32.4 Å². The summed E-state index contributed by atoms with van der Waals surface area (Å²) in [6.07, 6.45) is 4.98. The van der Waals surface area contributed by atoms with E-state index in [1.807, 2.05) is 17.8 Å².